The van der Waals surface area contributed by atoms with E-state index >= 15 is 0 Å². The zero-order valence-electron chi connectivity index (χ0n) is 10.6. The molecule has 1 aromatic heterocycles. The summed E-state index contributed by atoms with van der Waals surface area (Å²) >= 11 is 7.76. The van der Waals surface area contributed by atoms with Crippen molar-refractivity contribution in [2.75, 3.05) is 12.4 Å². The Morgan fingerprint density at radius 2 is 2.17 bits per heavy atom. The van der Waals surface area contributed by atoms with Gasteiger partial charge in [-0.1, -0.05) is 11.6 Å². The Morgan fingerprint density at radius 3 is 2.78 bits per heavy atom. The Labute approximate surface area is 116 Å². The van der Waals surface area contributed by atoms with Crippen molar-refractivity contribution in [2.24, 2.45) is 0 Å². The highest BCUT2D eigenvalue weighted by Crippen LogP contribution is 2.31. The predicted octanol–water partition coefficient (Wildman–Crippen LogP) is 4.03. The van der Waals surface area contributed by atoms with Crippen LogP contribution in [0, 0.1) is 13.8 Å². The minimum atomic E-state index is 0.714. The van der Waals surface area contributed by atoms with E-state index < -0.39 is 0 Å². The molecule has 1 heterocycles. The first kappa shape index (κ1) is 13.2. The largest absolute Gasteiger partial charge is 0.495 e. The number of benzene rings is 1. The molecule has 0 amide bonds. The van der Waals surface area contributed by atoms with Crippen LogP contribution in [0.1, 0.15) is 15.4 Å². The molecular weight excluding hydrogens is 268 g/mol. The number of thiazole rings is 1. The van der Waals surface area contributed by atoms with Crippen LogP contribution in [0.25, 0.3) is 0 Å². The molecule has 0 unspecified atom stereocenters. The third-order valence-corrected chi connectivity index (χ3v) is 3.92. The molecule has 2 rings (SSSR count). The lowest BCUT2D eigenvalue weighted by Gasteiger charge is -2.12. The molecule has 0 radical (unpaired) electrons. The van der Waals surface area contributed by atoms with Gasteiger partial charge in [0.25, 0.3) is 0 Å². The highest BCUT2D eigenvalue weighted by atomic mass is 35.5. The number of anilines is 1. The van der Waals surface area contributed by atoms with E-state index in [1.54, 1.807) is 18.4 Å². The number of rotatable bonds is 4. The van der Waals surface area contributed by atoms with Crippen LogP contribution < -0.4 is 10.1 Å². The van der Waals surface area contributed by atoms with Gasteiger partial charge in [0.1, 0.15) is 5.75 Å². The molecule has 5 heteroatoms. The Morgan fingerprint density at radius 1 is 1.39 bits per heavy atom. The normalized spacial score (nSPS) is 10.4. The monoisotopic (exact) mass is 282 g/mol. The van der Waals surface area contributed by atoms with Crippen molar-refractivity contribution in [3.05, 3.63) is 38.8 Å². The number of aromatic nitrogens is 1. The van der Waals surface area contributed by atoms with Gasteiger partial charge >= 0.3 is 0 Å². The molecule has 0 atom stereocenters. The summed E-state index contributed by atoms with van der Waals surface area (Å²) in [7, 11) is 1.64. The average molecular weight is 283 g/mol. The van der Waals surface area contributed by atoms with Gasteiger partial charge in [0, 0.05) is 22.2 Å². The smallest absolute Gasteiger partial charge is 0.143 e. The summed E-state index contributed by atoms with van der Waals surface area (Å²) < 4.78 is 5.32. The van der Waals surface area contributed by atoms with Crippen molar-refractivity contribution in [1.29, 1.82) is 0 Å². The van der Waals surface area contributed by atoms with Crippen molar-refractivity contribution < 1.29 is 4.74 Å². The molecule has 0 aliphatic rings. The zero-order valence-corrected chi connectivity index (χ0v) is 12.2. The van der Waals surface area contributed by atoms with Gasteiger partial charge in [-0.05, 0) is 25.5 Å². The Bertz CT molecular complexity index is 554. The summed E-state index contributed by atoms with van der Waals surface area (Å²) in [5.74, 6) is 0.756. The minimum absolute atomic E-state index is 0.714. The van der Waals surface area contributed by atoms with Gasteiger partial charge < -0.3 is 10.1 Å². The van der Waals surface area contributed by atoms with Crippen molar-refractivity contribution in [3.63, 3.8) is 0 Å². The molecule has 0 aliphatic carbocycles. The van der Waals surface area contributed by atoms with Crippen LogP contribution in [0.5, 0.6) is 5.75 Å². The number of hydrogen-bond acceptors (Lipinski definition) is 4. The fourth-order valence-electron chi connectivity index (χ4n) is 1.64. The van der Waals surface area contributed by atoms with E-state index in [9.17, 15) is 0 Å². The second kappa shape index (κ2) is 5.59. The van der Waals surface area contributed by atoms with Crippen LogP contribution in [-0.2, 0) is 6.54 Å². The van der Waals surface area contributed by atoms with Gasteiger partial charge in [-0.15, -0.1) is 11.3 Å². The number of hydrogen-bond donors (Lipinski definition) is 1. The summed E-state index contributed by atoms with van der Waals surface area (Å²) in [6.07, 6.45) is 1.89. The summed E-state index contributed by atoms with van der Waals surface area (Å²) in [5, 5.41) is 5.14. The molecule has 96 valence electrons. The summed E-state index contributed by atoms with van der Waals surface area (Å²) in [6, 6.07) is 3.83. The van der Waals surface area contributed by atoms with Gasteiger partial charge in [-0.25, -0.2) is 4.98 Å². The maximum Gasteiger partial charge on any atom is 0.143 e. The topological polar surface area (TPSA) is 34.1 Å². The highest BCUT2D eigenvalue weighted by Gasteiger charge is 2.07. The molecule has 0 spiro atoms. The molecule has 0 fully saturated rings. The van der Waals surface area contributed by atoms with Crippen LogP contribution in [0.2, 0.25) is 5.02 Å². The molecular formula is C13H15ClN2OS. The van der Waals surface area contributed by atoms with Crippen LogP contribution in [-0.4, -0.2) is 12.1 Å². The quantitative estimate of drug-likeness (QED) is 0.919. The van der Waals surface area contributed by atoms with E-state index in [0.717, 1.165) is 28.6 Å². The second-order valence-electron chi connectivity index (χ2n) is 4.00. The van der Waals surface area contributed by atoms with Crippen LogP contribution in [0.15, 0.2) is 18.3 Å². The van der Waals surface area contributed by atoms with E-state index in [0.29, 0.717) is 5.02 Å². The number of methoxy groups -OCH3 is 1. The molecule has 1 N–H and O–H groups in total. The van der Waals surface area contributed by atoms with Crippen molar-refractivity contribution in [1.82, 2.24) is 4.98 Å². The number of ether oxygens (including phenoxy) is 1. The Kier molecular flexibility index (Phi) is 4.09. The molecule has 0 saturated carbocycles. The fraction of sp³-hybridized carbons (Fsp3) is 0.308. The maximum absolute atomic E-state index is 6.07. The Balaban J connectivity index is 2.15. The van der Waals surface area contributed by atoms with E-state index in [-0.39, 0.29) is 0 Å². The molecule has 3 nitrogen and oxygen atoms in total. The van der Waals surface area contributed by atoms with Gasteiger partial charge in [-0.2, -0.15) is 0 Å². The number of nitrogens with one attached hydrogen (secondary N) is 1. The highest BCUT2D eigenvalue weighted by molar-refractivity contribution is 7.11. The number of halogens is 1. The third-order valence-electron chi connectivity index (χ3n) is 2.60. The van der Waals surface area contributed by atoms with Crippen LogP contribution >= 0.6 is 22.9 Å². The fourth-order valence-corrected chi connectivity index (χ4v) is 2.53. The van der Waals surface area contributed by atoms with Crippen LogP contribution in [0.4, 0.5) is 5.69 Å². The lowest BCUT2D eigenvalue weighted by atomic mass is 10.2. The van der Waals surface area contributed by atoms with Crippen molar-refractivity contribution in [3.8, 4) is 5.75 Å². The van der Waals surface area contributed by atoms with E-state index in [1.807, 2.05) is 32.2 Å². The van der Waals surface area contributed by atoms with Gasteiger partial charge in [0.2, 0.25) is 0 Å². The summed E-state index contributed by atoms with van der Waals surface area (Å²) in [6.45, 7) is 4.72. The zero-order chi connectivity index (χ0) is 13.1. The summed E-state index contributed by atoms with van der Waals surface area (Å²) in [4.78, 5) is 5.43. The predicted molar refractivity (Wildman–Crippen MR) is 76.9 cm³/mol. The molecule has 0 bridgehead atoms. The Hall–Kier alpha value is -1.26. The van der Waals surface area contributed by atoms with E-state index in [4.69, 9.17) is 16.3 Å². The molecule has 18 heavy (non-hydrogen) atoms. The standard InChI is InChI=1S/C13H15ClN2OS/c1-8-4-12(13(17-3)5-11(8)14)16-7-10-6-15-9(2)18-10/h4-6,16H,7H2,1-3H3. The van der Waals surface area contributed by atoms with Gasteiger partial charge in [0.05, 0.1) is 24.3 Å². The lowest BCUT2D eigenvalue weighted by Crippen LogP contribution is -2.00. The van der Waals surface area contributed by atoms with Gasteiger partial charge in [0.15, 0.2) is 0 Å². The average Bonchev–Trinajstić information content (AvgIpc) is 2.76. The lowest BCUT2D eigenvalue weighted by molar-refractivity contribution is 0.416. The SMILES string of the molecule is COc1cc(Cl)c(C)cc1NCc1cnc(C)s1. The van der Waals surface area contributed by atoms with Crippen LogP contribution in [0.3, 0.4) is 0 Å². The number of nitrogens with zero attached hydrogens (tertiary/aromatic N) is 1. The molecule has 0 saturated heterocycles. The first-order chi connectivity index (χ1) is 8.60. The van der Waals surface area contributed by atoms with E-state index in [1.165, 1.54) is 4.88 Å². The van der Waals surface area contributed by atoms with Crippen molar-refractivity contribution in [2.45, 2.75) is 20.4 Å². The maximum atomic E-state index is 6.07. The molecule has 0 aliphatic heterocycles. The van der Waals surface area contributed by atoms with Gasteiger partial charge in [-0.3, -0.25) is 0 Å². The summed E-state index contributed by atoms with van der Waals surface area (Å²) in [5.41, 5.74) is 1.98. The van der Waals surface area contributed by atoms with Crippen molar-refractivity contribution >= 4 is 28.6 Å². The number of aryl methyl sites for hydroxylation is 2. The second-order valence-corrected chi connectivity index (χ2v) is 5.73. The first-order valence-electron chi connectivity index (χ1n) is 5.59. The molecule has 2 aromatic rings. The third kappa shape index (κ3) is 2.94. The van der Waals surface area contributed by atoms with E-state index in [2.05, 4.69) is 10.3 Å². The molecule has 1 aromatic carbocycles. The minimum Gasteiger partial charge on any atom is -0.495 e. The first-order valence-corrected chi connectivity index (χ1v) is 6.79.